The molecule has 2 aromatic carbocycles. The van der Waals surface area contributed by atoms with Crippen LogP contribution >= 0.6 is 23.2 Å². The SMILES string of the molecule is CCN(Cc1ccc(Cl)c(Cl)c1)C(=O)CN1C(=O)NC(C)(c2ccc(F)cc2)C1=O. The summed E-state index contributed by atoms with van der Waals surface area (Å²) < 4.78 is 13.2. The number of imide groups is 1. The molecule has 1 heterocycles. The van der Waals surface area contributed by atoms with Gasteiger partial charge in [0, 0.05) is 13.1 Å². The molecule has 1 fully saturated rings. The summed E-state index contributed by atoms with van der Waals surface area (Å²) in [4.78, 5) is 40.6. The molecule has 0 radical (unpaired) electrons. The van der Waals surface area contributed by atoms with Gasteiger partial charge in [-0.05, 0) is 49.2 Å². The first kappa shape index (κ1) is 22.1. The number of amides is 4. The Hall–Kier alpha value is -2.64. The minimum atomic E-state index is -1.37. The lowest BCUT2D eigenvalue weighted by molar-refractivity contribution is -0.139. The van der Waals surface area contributed by atoms with Crippen LogP contribution in [0.15, 0.2) is 42.5 Å². The van der Waals surface area contributed by atoms with Gasteiger partial charge in [-0.2, -0.15) is 0 Å². The minimum absolute atomic E-state index is 0.255. The van der Waals surface area contributed by atoms with Crippen LogP contribution in [-0.2, 0) is 21.7 Å². The van der Waals surface area contributed by atoms with Gasteiger partial charge in [0.25, 0.3) is 5.91 Å². The number of halogens is 3. The lowest BCUT2D eigenvalue weighted by atomic mass is 9.92. The van der Waals surface area contributed by atoms with Crippen LogP contribution in [0.1, 0.15) is 25.0 Å². The molecule has 0 saturated carbocycles. The molecule has 158 valence electrons. The van der Waals surface area contributed by atoms with Crippen LogP contribution in [-0.4, -0.2) is 40.7 Å². The van der Waals surface area contributed by atoms with Crippen LogP contribution in [0, 0.1) is 5.82 Å². The Labute approximate surface area is 183 Å². The summed E-state index contributed by atoms with van der Waals surface area (Å²) in [6, 6.07) is 9.67. The quantitative estimate of drug-likeness (QED) is 0.675. The maximum Gasteiger partial charge on any atom is 0.325 e. The van der Waals surface area contributed by atoms with Gasteiger partial charge in [-0.1, -0.05) is 41.4 Å². The maximum atomic E-state index is 13.2. The van der Waals surface area contributed by atoms with Crippen LogP contribution in [0.2, 0.25) is 10.0 Å². The van der Waals surface area contributed by atoms with Gasteiger partial charge in [0.1, 0.15) is 17.9 Å². The smallest absolute Gasteiger partial charge is 0.325 e. The molecule has 30 heavy (non-hydrogen) atoms. The number of hydrogen-bond acceptors (Lipinski definition) is 3. The first-order chi connectivity index (χ1) is 14.2. The summed E-state index contributed by atoms with van der Waals surface area (Å²) in [5.74, 6) is -1.42. The Morgan fingerprint density at radius 1 is 1.13 bits per heavy atom. The zero-order chi connectivity index (χ0) is 22.1. The highest BCUT2D eigenvalue weighted by molar-refractivity contribution is 6.42. The lowest BCUT2D eigenvalue weighted by Crippen LogP contribution is -2.44. The number of likely N-dealkylation sites (N-methyl/N-ethyl adjacent to an activating group) is 1. The molecule has 1 aliphatic heterocycles. The van der Waals surface area contributed by atoms with Gasteiger partial charge in [0.15, 0.2) is 0 Å². The Balaban J connectivity index is 1.74. The molecule has 1 atom stereocenters. The Kier molecular flexibility index (Phi) is 6.33. The van der Waals surface area contributed by atoms with Gasteiger partial charge in [0.05, 0.1) is 10.0 Å². The predicted octanol–water partition coefficient (Wildman–Crippen LogP) is 3.95. The maximum absolute atomic E-state index is 13.2. The minimum Gasteiger partial charge on any atom is -0.337 e. The monoisotopic (exact) mass is 451 g/mol. The lowest BCUT2D eigenvalue weighted by Gasteiger charge is -2.25. The molecule has 2 aromatic rings. The van der Waals surface area contributed by atoms with E-state index in [0.717, 1.165) is 10.5 Å². The number of urea groups is 1. The van der Waals surface area contributed by atoms with Crippen LogP contribution in [0.25, 0.3) is 0 Å². The van der Waals surface area contributed by atoms with Crippen molar-refractivity contribution in [2.45, 2.75) is 25.9 Å². The molecule has 1 unspecified atom stereocenters. The highest BCUT2D eigenvalue weighted by Crippen LogP contribution is 2.29. The van der Waals surface area contributed by atoms with Crippen molar-refractivity contribution in [2.24, 2.45) is 0 Å². The van der Waals surface area contributed by atoms with E-state index in [0.29, 0.717) is 22.2 Å². The third-order valence-electron chi connectivity index (χ3n) is 5.08. The van der Waals surface area contributed by atoms with Crippen LogP contribution in [0.5, 0.6) is 0 Å². The van der Waals surface area contributed by atoms with Crippen molar-refractivity contribution in [1.82, 2.24) is 15.1 Å². The van der Waals surface area contributed by atoms with E-state index in [2.05, 4.69) is 5.32 Å². The van der Waals surface area contributed by atoms with Gasteiger partial charge in [-0.3, -0.25) is 14.5 Å². The van der Waals surface area contributed by atoms with E-state index in [1.54, 1.807) is 25.1 Å². The van der Waals surface area contributed by atoms with E-state index in [-0.39, 0.29) is 6.54 Å². The molecule has 0 spiro atoms. The first-order valence-electron chi connectivity index (χ1n) is 9.27. The summed E-state index contributed by atoms with van der Waals surface area (Å²) in [5, 5.41) is 3.39. The molecule has 4 amide bonds. The average molecular weight is 452 g/mol. The largest absolute Gasteiger partial charge is 0.337 e. The third kappa shape index (κ3) is 4.27. The van der Waals surface area contributed by atoms with Gasteiger partial charge >= 0.3 is 6.03 Å². The number of benzene rings is 2. The fraction of sp³-hybridized carbons (Fsp3) is 0.286. The number of nitrogens with zero attached hydrogens (tertiary/aromatic N) is 2. The van der Waals surface area contributed by atoms with Crippen molar-refractivity contribution in [3.63, 3.8) is 0 Å². The third-order valence-corrected chi connectivity index (χ3v) is 5.82. The molecule has 1 aliphatic rings. The summed E-state index contributed by atoms with van der Waals surface area (Å²) in [5.41, 5.74) is -0.167. The molecule has 1 N–H and O–H groups in total. The molecule has 3 rings (SSSR count). The summed E-state index contributed by atoms with van der Waals surface area (Å²) in [7, 11) is 0. The van der Waals surface area contributed by atoms with E-state index in [4.69, 9.17) is 23.2 Å². The molecular weight excluding hydrogens is 432 g/mol. The standard InChI is InChI=1S/C21H20Cl2FN3O3/c1-3-26(11-13-4-9-16(22)17(23)10-13)18(28)12-27-19(29)21(2,25-20(27)30)14-5-7-15(24)8-6-14/h4-10H,3,11-12H2,1-2H3,(H,25,30). The second-order valence-corrected chi connectivity index (χ2v) is 7.92. The van der Waals surface area contributed by atoms with Crippen LogP contribution < -0.4 is 5.32 Å². The van der Waals surface area contributed by atoms with Crippen molar-refractivity contribution < 1.29 is 18.8 Å². The molecule has 6 nitrogen and oxygen atoms in total. The Morgan fingerprint density at radius 3 is 2.40 bits per heavy atom. The summed E-state index contributed by atoms with van der Waals surface area (Å²) >= 11 is 12.0. The second-order valence-electron chi connectivity index (χ2n) is 7.11. The molecule has 9 heteroatoms. The number of rotatable bonds is 6. The van der Waals surface area contributed by atoms with Crippen molar-refractivity contribution in [2.75, 3.05) is 13.1 Å². The topological polar surface area (TPSA) is 69.7 Å². The van der Waals surface area contributed by atoms with Crippen LogP contribution in [0.3, 0.4) is 0 Å². The molecule has 0 bridgehead atoms. The van der Waals surface area contributed by atoms with Gasteiger partial charge < -0.3 is 10.2 Å². The first-order valence-corrected chi connectivity index (χ1v) is 10.0. The van der Waals surface area contributed by atoms with Gasteiger partial charge in [-0.25, -0.2) is 9.18 Å². The van der Waals surface area contributed by atoms with E-state index >= 15 is 0 Å². The van der Waals surface area contributed by atoms with E-state index in [1.807, 2.05) is 0 Å². The zero-order valence-electron chi connectivity index (χ0n) is 16.4. The van der Waals surface area contributed by atoms with Crippen molar-refractivity contribution in [1.29, 1.82) is 0 Å². The van der Waals surface area contributed by atoms with Crippen molar-refractivity contribution >= 4 is 41.0 Å². The van der Waals surface area contributed by atoms with E-state index < -0.39 is 35.7 Å². The zero-order valence-corrected chi connectivity index (χ0v) is 17.9. The highest BCUT2D eigenvalue weighted by atomic mass is 35.5. The summed E-state index contributed by atoms with van der Waals surface area (Å²) in [6.07, 6.45) is 0. The number of carbonyl (C=O) groups is 3. The molecule has 0 aromatic heterocycles. The summed E-state index contributed by atoms with van der Waals surface area (Å²) in [6.45, 7) is 3.54. The van der Waals surface area contributed by atoms with E-state index in [1.165, 1.54) is 36.1 Å². The van der Waals surface area contributed by atoms with Gasteiger partial charge in [-0.15, -0.1) is 0 Å². The second kappa shape index (κ2) is 8.62. The van der Waals surface area contributed by atoms with Gasteiger partial charge in [0.2, 0.25) is 5.91 Å². The predicted molar refractivity (Wildman–Crippen MR) is 112 cm³/mol. The molecule has 0 aliphatic carbocycles. The fourth-order valence-electron chi connectivity index (χ4n) is 3.29. The number of carbonyl (C=O) groups excluding carboxylic acids is 3. The van der Waals surface area contributed by atoms with Crippen LogP contribution in [0.4, 0.5) is 9.18 Å². The normalized spacial score (nSPS) is 18.5. The van der Waals surface area contributed by atoms with Crippen molar-refractivity contribution in [3.05, 3.63) is 69.5 Å². The Morgan fingerprint density at radius 2 is 1.80 bits per heavy atom. The highest BCUT2D eigenvalue weighted by Gasteiger charge is 2.49. The van der Waals surface area contributed by atoms with Crippen molar-refractivity contribution in [3.8, 4) is 0 Å². The fourth-order valence-corrected chi connectivity index (χ4v) is 3.61. The molecular formula is C21H20Cl2FN3O3. The number of hydrogen-bond donors (Lipinski definition) is 1. The molecule has 1 saturated heterocycles. The number of nitrogens with one attached hydrogen (secondary N) is 1. The Bertz CT molecular complexity index is 999. The van der Waals surface area contributed by atoms with E-state index in [9.17, 15) is 18.8 Å². The average Bonchev–Trinajstić information content (AvgIpc) is 2.93.